The predicted molar refractivity (Wildman–Crippen MR) is 93.1 cm³/mol. The van der Waals surface area contributed by atoms with E-state index < -0.39 is 11.8 Å². The molecule has 0 saturated carbocycles. The van der Waals surface area contributed by atoms with Gasteiger partial charge in [0.05, 0.1) is 0 Å². The highest BCUT2D eigenvalue weighted by atomic mass is 16.5. The normalized spacial score (nSPS) is 14.6. The molecule has 1 fully saturated rings. The number of aromatic nitrogens is 2. The summed E-state index contributed by atoms with van der Waals surface area (Å²) in [6, 6.07) is -0.0862. The zero-order chi connectivity index (χ0) is 19.1. The molecule has 26 heavy (non-hydrogen) atoms. The van der Waals surface area contributed by atoms with Gasteiger partial charge < -0.3 is 19.6 Å². The molecule has 0 spiro atoms. The molecule has 2 heterocycles. The molecule has 1 saturated heterocycles. The number of carbonyl (C=O) groups is 3. The molecule has 0 aliphatic carbocycles. The van der Waals surface area contributed by atoms with Gasteiger partial charge in [-0.2, -0.15) is 4.98 Å². The summed E-state index contributed by atoms with van der Waals surface area (Å²) >= 11 is 0. The van der Waals surface area contributed by atoms with E-state index in [4.69, 9.17) is 4.52 Å². The molecule has 0 bridgehead atoms. The Balaban J connectivity index is 1.75. The maximum absolute atomic E-state index is 12.3. The quantitative estimate of drug-likeness (QED) is 0.719. The molecule has 9 heteroatoms. The number of hydrogen-bond donors (Lipinski definition) is 1. The van der Waals surface area contributed by atoms with E-state index in [1.54, 1.807) is 18.7 Å². The minimum atomic E-state index is -0.598. The Morgan fingerprint density at radius 1 is 1.12 bits per heavy atom. The Morgan fingerprint density at radius 2 is 1.77 bits per heavy atom. The van der Waals surface area contributed by atoms with Gasteiger partial charge >= 0.3 is 11.8 Å². The summed E-state index contributed by atoms with van der Waals surface area (Å²) in [7, 11) is 0. The molecule has 1 aliphatic rings. The number of hydrogen-bond acceptors (Lipinski definition) is 6. The average molecular weight is 365 g/mol. The van der Waals surface area contributed by atoms with Crippen LogP contribution in [0.15, 0.2) is 4.52 Å². The number of rotatable bonds is 6. The zero-order valence-electron chi connectivity index (χ0n) is 15.7. The number of amides is 3. The Labute approximate surface area is 153 Å². The third kappa shape index (κ3) is 5.53. The molecule has 0 atom stereocenters. The highest BCUT2D eigenvalue weighted by Crippen LogP contribution is 2.08. The van der Waals surface area contributed by atoms with E-state index in [9.17, 15) is 14.4 Å². The number of nitrogens with one attached hydrogen (secondary N) is 1. The van der Waals surface area contributed by atoms with Crippen LogP contribution in [0.5, 0.6) is 0 Å². The van der Waals surface area contributed by atoms with E-state index >= 15 is 0 Å². The standard InChI is InChI=1S/C17H27N5O4/c1-4-5-13-19-14(26-20-13)6-7-15(23)21-8-10-22(11-9-21)17(25)16(24)18-12(2)3/h12H,4-11H2,1-3H3,(H,18,24). The molecular formula is C17H27N5O4. The lowest BCUT2D eigenvalue weighted by Crippen LogP contribution is -2.54. The van der Waals surface area contributed by atoms with Gasteiger partial charge in [-0.15, -0.1) is 0 Å². The van der Waals surface area contributed by atoms with E-state index in [0.717, 1.165) is 12.8 Å². The lowest BCUT2D eigenvalue weighted by molar-refractivity contribution is -0.148. The number of nitrogens with zero attached hydrogens (tertiary/aromatic N) is 4. The van der Waals surface area contributed by atoms with Gasteiger partial charge in [0.25, 0.3) is 0 Å². The van der Waals surface area contributed by atoms with Crippen LogP contribution in [0.4, 0.5) is 0 Å². The number of piperazine rings is 1. The smallest absolute Gasteiger partial charge is 0.312 e. The third-order valence-electron chi connectivity index (χ3n) is 4.07. The van der Waals surface area contributed by atoms with Crippen molar-refractivity contribution in [1.29, 1.82) is 0 Å². The summed E-state index contributed by atoms with van der Waals surface area (Å²) in [6.07, 6.45) is 2.40. The molecule has 1 aromatic rings. The van der Waals surface area contributed by atoms with E-state index in [2.05, 4.69) is 15.5 Å². The fraction of sp³-hybridized carbons (Fsp3) is 0.706. The van der Waals surface area contributed by atoms with Crippen LogP contribution in [0.2, 0.25) is 0 Å². The lowest BCUT2D eigenvalue weighted by Gasteiger charge is -2.34. The van der Waals surface area contributed by atoms with Crippen LogP contribution in [-0.2, 0) is 27.2 Å². The molecule has 1 aliphatic heterocycles. The van der Waals surface area contributed by atoms with Crippen molar-refractivity contribution in [1.82, 2.24) is 25.3 Å². The van der Waals surface area contributed by atoms with Gasteiger partial charge in [0.15, 0.2) is 5.82 Å². The monoisotopic (exact) mass is 365 g/mol. The minimum Gasteiger partial charge on any atom is -0.346 e. The summed E-state index contributed by atoms with van der Waals surface area (Å²) in [5.74, 6) is -0.0131. The first kappa shape index (κ1) is 19.9. The van der Waals surface area contributed by atoms with Crippen molar-refractivity contribution < 1.29 is 18.9 Å². The second kappa shape index (κ2) is 9.30. The fourth-order valence-electron chi connectivity index (χ4n) is 2.72. The van der Waals surface area contributed by atoms with E-state index in [0.29, 0.717) is 44.3 Å². The summed E-state index contributed by atoms with van der Waals surface area (Å²) < 4.78 is 5.13. The molecule has 1 aromatic heterocycles. The van der Waals surface area contributed by atoms with Crippen molar-refractivity contribution in [2.45, 2.75) is 52.5 Å². The molecule has 0 aromatic carbocycles. The summed E-state index contributed by atoms with van der Waals surface area (Å²) in [4.78, 5) is 43.6. The first-order valence-electron chi connectivity index (χ1n) is 9.09. The SMILES string of the molecule is CCCc1noc(CCC(=O)N2CCN(C(=O)C(=O)NC(C)C)CC2)n1. The van der Waals surface area contributed by atoms with Crippen molar-refractivity contribution in [3.63, 3.8) is 0 Å². The minimum absolute atomic E-state index is 0.0148. The molecule has 1 N–H and O–H groups in total. The van der Waals surface area contributed by atoms with Crippen molar-refractivity contribution in [3.05, 3.63) is 11.7 Å². The van der Waals surface area contributed by atoms with Crippen LogP contribution in [0.25, 0.3) is 0 Å². The van der Waals surface area contributed by atoms with Crippen LogP contribution in [-0.4, -0.2) is 69.9 Å². The van der Waals surface area contributed by atoms with Gasteiger partial charge in [0, 0.05) is 51.5 Å². The Morgan fingerprint density at radius 3 is 2.38 bits per heavy atom. The van der Waals surface area contributed by atoms with Gasteiger partial charge in [0.2, 0.25) is 11.8 Å². The molecule has 9 nitrogen and oxygen atoms in total. The summed E-state index contributed by atoms with van der Waals surface area (Å²) in [6.45, 7) is 7.20. The van der Waals surface area contributed by atoms with Crippen LogP contribution >= 0.6 is 0 Å². The largest absolute Gasteiger partial charge is 0.346 e. The predicted octanol–water partition coefficient (Wildman–Crippen LogP) is 0.150. The Bertz CT molecular complexity index is 635. The van der Waals surface area contributed by atoms with Crippen molar-refractivity contribution in [2.24, 2.45) is 0 Å². The average Bonchev–Trinajstić information content (AvgIpc) is 3.06. The molecule has 3 amide bonds. The van der Waals surface area contributed by atoms with Gasteiger partial charge in [-0.1, -0.05) is 12.1 Å². The summed E-state index contributed by atoms with van der Waals surface area (Å²) in [5.41, 5.74) is 0. The van der Waals surface area contributed by atoms with E-state index in [-0.39, 0.29) is 18.4 Å². The van der Waals surface area contributed by atoms with Gasteiger partial charge in [-0.05, 0) is 20.3 Å². The van der Waals surface area contributed by atoms with Gasteiger partial charge in [0.1, 0.15) is 0 Å². The zero-order valence-corrected chi connectivity index (χ0v) is 15.7. The Hall–Kier alpha value is -2.45. The van der Waals surface area contributed by atoms with Gasteiger partial charge in [-0.3, -0.25) is 14.4 Å². The van der Waals surface area contributed by atoms with E-state index in [1.165, 1.54) is 4.90 Å². The number of carbonyl (C=O) groups excluding carboxylic acids is 3. The summed E-state index contributed by atoms with van der Waals surface area (Å²) in [5, 5.41) is 6.46. The lowest BCUT2D eigenvalue weighted by atomic mass is 10.2. The third-order valence-corrected chi connectivity index (χ3v) is 4.07. The topological polar surface area (TPSA) is 109 Å². The first-order chi connectivity index (χ1) is 12.4. The van der Waals surface area contributed by atoms with Crippen LogP contribution in [0.3, 0.4) is 0 Å². The number of aryl methyl sites for hydroxylation is 2. The molecular weight excluding hydrogens is 338 g/mol. The van der Waals surface area contributed by atoms with Crippen molar-refractivity contribution in [2.75, 3.05) is 26.2 Å². The fourth-order valence-corrected chi connectivity index (χ4v) is 2.72. The second-order valence-corrected chi connectivity index (χ2v) is 6.66. The molecule has 144 valence electrons. The van der Waals surface area contributed by atoms with Crippen LogP contribution in [0, 0.1) is 0 Å². The van der Waals surface area contributed by atoms with Crippen LogP contribution < -0.4 is 5.32 Å². The second-order valence-electron chi connectivity index (χ2n) is 6.66. The van der Waals surface area contributed by atoms with Gasteiger partial charge in [-0.25, -0.2) is 0 Å². The molecule has 0 radical (unpaired) electrons. The molecule has 2 rings (SSSR count). The maximum Gasteiger partial charge on any atom is 0.312 e. The highest BCUT2D eigenvalue weighted by Gasteiger charge is 2.28. The van der Waals surface area contributed by atoms with Crippen molar-refractivity contribution in [3.8, 4) is 0 Å². The first-order valence-corrected chi connectivity index (χ1v) is 9.09. The highest BCUT2D eigenvalue weighted by molar-refractivity contribution is 6.35. The van der Waals surface area contributed by atoms with E-state index in [1.807, 2.05) is 6.92 Å². The maximum atomic E-state index is 12.3. The van der Waals surface area contributed by atoms with Crippen LogP contribution in [0.1, 0.15) is 45.3 Å². The molecule has 0 unspecified atom stereocenters. The Kier molecular flexibility index (Phi) is 7.11. The van der Waals surface area contributed by atoms with Crippen molar-refractivity contribution >= 4 is 17.7 Å².